The standard InChI is InChI=1S/C28H29FN2O4/c1-18(28(34)35)16-25(27(33)30-19(2)17-20-8-14-24(29)15-9-20)31-26(32)23-12-10-22(11-13-23)21-6-4-3-5-7-21/h3-15,18-19,25H,16-17H2,1-2H3,(H,30,33)(H,31,32)(H,34,35)/t18-,19?,25-/m0/s1. The van der Waals surface area contributed by atoms with Gasteiger partial charge in [-0.15, -0.1) is 0 Å². The van der Waals surface area contributed by atoms with Crippen molar-refractivity contribution in [2.24, 2.45) is 5.92 Å². The van der Waals surface area contributed by atoms with Crippen molar-refractivity contribution in [2.75, 3.05) is 0 Å². The van der Waals surface area contributed by atoms with E-state index < -0.39 is 29.7 Å². The Morgan fingerprint density at radius 1 is 0.829 bits per heavy atom. The fraction of sp³-hybridized carbons (Fsp3) is 0.250. The van der Waals surface area contributed by atoms with Gasteiger partial charge in [-0.2, -0.15) is 0 Å². The van der Waals surface area contributed by atoms with Crippen molar-refractivity contribution < 1.29 is 23.9 Å². The molecule has 0 aliphatic rings. The lowest BCUT2D eigenvalue weighted by atomic mass is 9.99. The van der Waals surface area contributed by atoms with E-state index in [9.17, 15) is 23.9 Å². The van der Waals surface area contributed by atoms with Crippen molar-refractivity contribution >= 4 is 17.8 Å². The fourth-order valence-corrected chi connectivity index (χ4v) is 3.74. The molecule has 0 bridgehead atoms. The van der Waals surface area contributed by atoms with Gasteiger partial charge < -0.3 is 15.7 Å². The first kappa shape index (κ1) is 25.6. The van der Waals surface area contributed by atoms with E-state index in [2.05, 4.69) is 10.6 Å². The summed E-state index contributed by atoms with van der Waals surface area (Å²) in [5.41, 5.74) is 3.18. The molecule has 0 radical (unpaired) electrons. The normalized spacial score (nSPS) is 13.3. The molecule has 3 atom stereocenters. The van der Waals surface area contributed by atoms with Crippen LogP contribution >= 0.6 is 0 Å². The number of benzene rings is 3. The summed E-state index contributed by atoms with van der Waals surface area (Å²) in [7, 11) is 0. The molecular weight excluding hydrogens is 447 g/mol. The van der Waals surface area contributed by atoms with E-state index >= 15 is 0 Å². The Hall–Kier alpha value is -4.00. The van der Waals surface area contributed by atoms with Crippen LogP contribution in [0.5, 0.6) is 0 Å². The van der Waals surface area contributed by atoms with E-state index in [4.69, 9.17) is 0 Å². The number of rotatable bonds is 10. The number of carbonyl (C=O) groups is 3. The van der Waals surface area contributed by atoms with Crippen LogP contribution in [0.3, 0.4) is 0 Å². The molecule has 0 aromatic heterocycles. The van der Waals surface area contributed by atoms with E-state index in [1.165, 1.54) is 19.1 Å². The number of aliphatic carboxylic acids is 1. The van der Waals surface area contributed by atoms with Crippen molar-refractivity contribution in [2.45, 2.75) is 38.8 Å². The highest BCUT2D eigenvalue weighted by Crippen LogP contribution is 2.19. The number of hydrogen-bond donors (Lipinski definition) is 3. The smallest absolute Gasteiger partial charge is 0.306 e. The highest BCUT2D eigenvalue weighted by atomic mass is 19.1. The van der Waals surface area contributed by atoms with Crippen LogP contribution < -0.4 is 10.6 Å². The van der Waals surface area contributed by atoms with E-state index in [1.807, 2.05) is 42.5 Å². The van der Waals surface area contributed by atoms with E-state index in [0.717, 1.165) is 16.7 Å². The van der Waals surface area contributed by atoms with Crippen LogP contribution in [-0.4, -0.2) is 35.0 Å². The monoisotopic (exact) mass is 476 g/mol. The van der Waals surface area contributed by atoms with E-state index in [-0.39, 0.29) is 18.3 Å². The molecule has 3 aromatic carbocycles. The van der Waals surface area contributed by atoms with Gasteiger partial charge in [0.25, 0.3) is 5.91 Å². The van der Waals surface area contributed by atoms with E-state index in [0.29, 0.717) is 12.0 Å². The second-order valence-electron chi connectivity index (χ2n) is 8.68. The topological polar surface area (TPSA) is 95.5 Å². The molecule has 6 nitrogen and oxygen atoms in total. The van der Waals surface area contributed by atoms with Crippen LogP contribution in [0.2, 0.25) is 0 Å². The summed E-state index contributed by atoms with van der Waals surface area (Å²) in [6, 6.07) is 21.4. The van der Waals surface area contributed by atoms with Gasteiger partial charge in [-0.1, -0.05) is 61.5 Å². The number of carboxylic acid groups (broad SMARTS) is 1. The predicted octanol–water partition coefficient (Wildman–Crippen LogP) is 4.45. The third-order valence-corrected chi connectivity index (χ3v) is 5.73. The van der Waals surface area contributed by atoms with Gasteiger partial charge >= 0.3 is 5.97 Å². The van der Waals surface area contributed by atoms with Gasteiger partial charge in [-0.05, 0) is 60.7 Å². The van der Waals surface area contributed by atoms with Crippen molar-refractivity contribution in [3.05, 3.63) is 95.8 Å². The molecule has 0 saturated carbocycles. The molecule has 3 N–H and O–H groups in total. The Bertz CT molecular complexity index is 1150. The largest absolute Gasteiger partial charge is 0.481 e. The zero-order chi connectivity index (χ0) is 25.4. The molecule has 0 heterocycles. The molecule has 0 aliphatic carbocycles. The second kappa shape index (κ2) is 11.9. The molecular formula is C28H29FN2O4. The van der Waals surface area contributed by atoms with Crippen molar-refractivity contribution in [3.8, 4) is 11.1 Å². The fourth-order valence-electron chi connectivity index (χ4n) is 3.74. The molecule has 2 amide bonds. The zero-order valence-corrected chi connectivity index (χ0v) is 19.7. The lowest BCUT2D eigenvalue weighted by molar-refractivity contribution is -0.141. The summed E-state index contributed by atoms with van der Waals surface area (Å²) in [5.74, 6) is -3.16. The number of hydrogen-bond acceptors (Lipinski definition) is 3. The van der Waals surface area contributed by atoms with Crippen LogP contribution in [0.15, 0.2) is 78.9 Å². The van der Waals surface area contributed by atoms with Crippen LogP contribution in [0, 0.1) is 11.7 Å². The molecule has 0 fully saturated rings. The summed E-state index contributed by atoms with van der Waals surface area (Å²) >= 11 is 0. The Balaban J connectivity index is 1.68. The Kier molecular flexibility index (Phi) is 8.73. The average molecular weight is 477 g/mol. The van der Waals surface area contributed by atoms with Crippen molar-refractivity contribution in [1.82, 2.24) is 10.6 Å². The minimum atomic E-state index is -1.05. The first-order valence-electron chi connectivity index (χ1n) is 11.5. The molecule has 0 saturated heterocycles. The van der Waals surface area contributed by atoms with Crippen molar-refractivity contribution in [3.63, 3.8) is 0 Å². The second-order valence-corrected chi connectivity index (χ2v) is 8.68. The van der Waals surface area contributed by atoms with Crippen molar-refractivity contribution in [1.29, 1.82) is 0 Å². The van der Waals surface area contributed by atoms with Gasteiger partial charge in [-0.25, -0.2) is 4.39 Å². The lowest BCUT2D eigenvalue weighted by Gasteiger charge is -2.23. The molecule has 182 valence electrons. The maximum atomic E-state index is 13.1. The molecule has 1 unspecified atom stereocenters. The summed E-state index contributed by atoms with van der Waals surface area (Å²) in [6.45, 7) is 3.29. The third-order valence-electron chi connectivity index (χ3n) is 5.73. The minimum Gasteiger partial charge on any atom is -0.481 e. The number of halogens is 1. The minimum absolute atomic E-state index is 0.0573. The molecule has 35 heavy (non-hydrogen) atoms. The van der Waals surface area contributed by atoms with Gasteiger partial charge in [0.1, 0.15) is 11.9 Å². The van der Waals surface area contributed by atoms with Gasteiger partial charge in [0.05, 0.1) is 5.92 Å². The highest BCUT2D eigenvalue weighted by molar-refractivity contribution is 5.98. The lowest BCUT2D eigenvalue weighted by Crippen LogP contribution is -2.50. The summed E-state index contributed by atoms with van der Waals surface area (Å²) in [6.07, 6.45) is 0.403. The van der Waals surface area contributed by atoms with Gasteiger partial charge in [0.2, 0.25) is 5.91 Å². The van der Waals surface area contributed by atoms with Crippen LogP contribution in [-0.2, 0) is 16.0 Å². The Morgan fingerprint density at radius 3 is 2.03 bits per heavy atom. The van der Waals surface area contributed by atoms with Crippen LogP contribution in [0.25, 0.3) is 11.1 Å². The maximum absolute atomic E-state index is 13.1. The highest BCUT2D eigenvalue weighted by Gasteiger charge is 2.27. The molecule has 3 aromatic rings. The van der Waals surface area contributed by atoms with Gasteiger partial charge in [0.15, 0.2) is 0 Å². The predicted molar refractivity (Wildman–Crippen MR) is 132 cm³/mol. The van der Waals surface area contributed by atoms with E-state index in [1.54, 1.807) is 31.2 Å². The first-order valence-corrected chi connectivity index (χ1v) is 11.5. The summed E-state index contributed by atoms with van der Waals surface area (Å²) < 4.78 is 13.1. The van der Waals surface area contributed by atoms with Gasteiger partial charge in [-0.3, -0.25) is 14.4 Å². The number of nitrogens with one attached hydrogen (secondary N) is 2. The number of carboxylic acids is 1. The molecule has 3 rings (SSSR count). The summed E-state index contributed by atoms with van der Waals surface area (Å²) in [5, 5.41) is 14.9. The Morgan fingerprint density at radius 2 is 1.43 bits per heavy atom. The SMILES string of the molecule is CC(Cc1ccc(F)cc1)NC(=O)[C@H](C[C@H](C)C(=O)O)NC(=O)c1ccc(-c2ccccc2)cc1. The summed E-state index contributed by atoms with van der Waals surface area (Å²) in [4.78, 5) is 37.3. The quantitative estimate of drug-likeness (QED) is 0.403. The average Bonchev–Trinajstić information content (AvgIpc) is 2.85. The van der Waals surface area contributed by atoms with Crippen LogP contribution in [0.4, 0.5) is 4.39 Å². The zero-order valence-electron chi connectivity index (χ0n) is 19.7. The third kappa shape index (κ3) is 7.50. The Labute approximate surface area is 204 Å². The first-order chi connectivity index (χ1) is 16.7. The maximum Gasteiger partial charge on any atom is 0.306 e. The molecule has 7 heteroatoms. The molecule has 0 aliphatic heterocycles. The number of amides is 2. The number of carbonyl (C=O) groups excluding carboxylic acids is 2. The molecule has 0 spiro atoms. The van der Waals surface area contributed by atoms with Gasteiger partial charge in [0, 0.05) is 11.6 Å². The van der Waals surface area contributed by atoms with Crippen LogP contribution in [0.1, 0.15) is 36.2 Å².